The zero-order valence-corrected chi connectivity index (χ0v) is 11.9. The van der Waals surface area contributed by atoms with Gasteiger partial charge in [0.1, 0.15) is 6.10 Å². The summed E-state index contributed by atoms with van der Waals surface area (Å²) in [6.45, 7) is 2.70. The zero-order chi connectivity index (χ0) is 14.5. The van der Waals surface area contributed by atoms with Gasteiger partial charge in [0.25, 0.3) is 0 Å². The van der Waals surface area contributed by atoms with Crippen molar-refractivity contribution in [2.24, 2.45) is 0 Å². The van der Waals surface area contributed by atoms with Crippen molar-refractivity contribution >= 4 is 5.97 Å². The number of hydrogen-bond acceptors (Lipinski definition) is 3. The Hall–Kier alpha value is -2.13. The summed E-state index contributed by atoms with van der Waals surface area (Å²) >= 11 is 0. The highest BCUT2D eigenvalue weighted by Gasteiger charge is 2.25. The van der Waals surface area contributed by atoms with Crippen LogP contribution in [0.1, 0.15) is 22.3 Å². The number of carbonyl (C=O) groups is 1. The third kappa shape index (κ3) is 3.70. The van der Waals surface area contributed by atoms with Crippen molar-refractivity contribution in [2.75, 3.05) is 13.1 Å². The van der Waals surface area contributed by atoms with E-state index in [9.17, 15) is 4.79 Å². The van der Waals surface area contributed by atoms with Crippen molar-refractivity contribution in [3.8, 4) is 0 Å². The highest BCUT2D eigenvalue weighted by atomic mass is 16.5. The number of likely N-dealkylation sites (tertiary alicyclic amines) is 1. The Kier molecular flexibility index (Phi) is 4.31. The van der Waals surface area contributed by atoms with Gasteiger partial charge in [-0.1, -0.05) is 48.5 Å². The van der Waals surface area contributed by atoms with Gasteiger partial charge in [-0.05, 0) is 24.1 Å². The molecular weight excluding hydrogens is 262 g/mol. The Morgan fingerprint density at radius 2 is 1.71 bits per heavy atom. The predicted octanol–water partition coefficient (Wildman–Crippen LogP) is 3.12. The first-order valence-corrected chi connectivity index (χ1v) is 7.33. The first-order chi connectivity index (χ1) is 10.3. The molecule has 1 heterocycles. The van der Waals surface area contributed by atoms with Gasteiger partial charge < -0.3 is 4.74 Å². The van der Waals surface area contributed by atoms with Crippen LogP contribution >= 0.6 is 0 Å². The lowest BCUT2D eigenvalue weighted by atomic mass is 10.2. The molecule has 1 aliphatic heterocycles. The third-order valence-electron chi connectivity index (χ3n) is 3.76. The van der Waals surface area contributed by atoms with Crippen LogP contribution in [-0.2, 0) is 11.3 Å². The number of ether oxygens (including phenoxy) is 1. The molecule has 0 amide bonds. The van der Waals surface area contributed by atoms with Gasteiger partial charge in [-0.3, -0.25) is 4.90 Å². The molecule has 0 saturated carbocycles. The molecule has 0 bridgehead atoms. The zero-order valence-electron chi connectivity index (χ0n) is 11.9. The average molecular weight is 281 g/mol. The van der Waals surface area contributed by atoms with Crippen molar-refractivity contribution in [2.45, 2.75) is 19.1 Å². The van der Waals surface area contributed by atoms with Crippen LogP contribution in [0.2, 0.25) is 0 Å². The maximum atomic E-state index is 12.0. The Labute approximate surface area is 125 Å². The molecule has 108 valence electrons. The summed E-state index contributed by atoms with van der Waals surface area (Å²) in [5.74, 6) is -0.220. The second-order valence-electron chi connectivity index (χ2n) is 5.40. The lowest BCUT2D eigenvalue weighted by molar-refractivity contribution is 0.0320. The summed E-state index contributed by atoms with van der Waals surface area (Å²) in [4.78, 5) is 14.4. The molecule has 0 spiro atoms. The number of nitrogens with zero attached hydrogens (tertiary/aromatic N) is 1. The molecular formula is C18H19NO2. The van der Waals surface area contributed by atoms with Crippen LogP contribution in [0.15, 0.2) is 60.7 Å². The molecule has 0 aliphatic carbocycles. The third-order valence-corrected chi connectivity index (χ3v) is 3.76. The molecule has 1 aliphatic rings. The molecule has 3 nitrogen and oxygen atoms in total. The van der Waals surface area contributed by atoms with Crippen LogP contribution in [0.3, 0.4) is 0 Å². The number of rotatable bonds is 4. The summed E-state index contributed by atoms with van der Waals surface area (Å²) in [5.41, 5.74) is 1.92. The maximum Gasteiger partial charge on any atom is 0.338 e. The van der Waals surface area contributed by atoms with Gasteiger partial charge in [-0.25, -0.2) is 4.79 Å². The Morgan fingerprint density at radius 1 is 1.05 bits per heavy atom. The fraction of sp³-hybridized carbons (Fsp3) is 0.278. The maximum absolute atomic E-state index is 12.0. The van der Waals surface area contributed by atoms with Crippen LogP contribution in [0.5, 0.6) is 0 Å². The van der Waals surface area contributed by atoms with E-state index in [1.165, 1.54) is 5.56 Å². The number of benzene rings is 2. The van der Waals surface area contributed by atoms with Crippen LogP contribution in [0.25, 0.3) is 0 Å². The summed E-state index contributed by atoms with van der Waals surface area (Å²) in [6, 6.07) is 19.6. The minimum Gasteiger partial charge on any atom is -0.457 e. The molecule has 2 aromatic carbocycles. The summed E-state index contributed by atoms with van der Waals surface area (Å²) < 4.78 is 5.58. The quantitative estimate of drug-likeness (QED) is 0.806. The van der Waals surface area contributed by atoms with Gasteiger partial charge in [0.15, 0.2) is 0 Å². The van der Waals surface area contributed by atoms with Crippen LogP contribution in [0.4, 0.5) is 0 Å². The molecule has 1 saturated heterocycles. The first kappa shape index (κ1) is 13.8. The SMILES string of the molecule is O=C(O[C@H]1CCN(Cc2ccccc2)C1)c1ccccc1. The predicted molar refractivity (Wildman–Crippen MR) is 82.0 cm³/mol. The van der Waals surface area contributed by atoms with Crippen molar-refractivity contribution in [1.82, 2.24) is 4.90 Å². The smallest absolute Gasteiger partial charge is 0.338 e. The van der Waals surface area contributed by atoms with E-state index in [0.29, 0.717) is 5.56 Å². The topological polar surface area (TPSA) is 29.5 Å². The highest BCUT2D eigenvalue weighted by Crippen LogP contribution is 2.17. The molecule has 0 unspecified atom stereocenters. The number of esters is 1. The highest BCUT2D eigenvalue weighted by molar-refractivity contribution is 5.89. The first-order valence-electron chi connectivity index (χ1n) is 7.33. The largest absolute Gasteiger partial charge is 0.457 e. The molecule has 0 aromatic heterocycles. The van der Waals surface area contributed by atoms with Gasteiger partial charge >= 0.3 is 5.97 Å². The average Bonchev–Trinajstić information content (AvgIpc) is 2.96. The lowest BCUT2D eigenvalue weighted by Gasteiger charge is -2.16. The van der Waals surface area contributed by atoms with E-state index in [4.69, 9.17) is 4.74 Å². The van der Waals surface area contributed by atoms with Crippen molar-refractivity contribution < 1.29 is 9.53 Å². The van der Waals surface area contributed by atoms with E-state index >= 15 is 0 Å². The fourth-order valence-corrected chi connectivity index (χ4v) is 2.67. The Morgan fingerprint density at radius 3 is 2.43 bits per heavy atom. The standard InChI is InChI=1S/C18H19NO2/c20-18(16-9-5-2-6-10-16)21-17-11-12-19(14-17)13-15-7-3-1-4-8-15/h1-10,17H,11-14H2/t17-/m0/s1. The van der Waals surface area contributed by atoms with Gasteiger partial charge in [-0.2, -0.15) is 0 Å². The van der Waals surface area contributed by atoms with E-state index in [-0.39, 0.29) is 12.1 Å². The summed E-state index contributed by atoms with van der Waals surface area (Å²) in [5, 5.41) is 0. The van der Waals surface area contributed by atoms with Gasteiger partial charge in [0, 0.05) is 19.6 Å². The number of hydrogen-bond donors (Lipinski definition) is 0. The molecule has 2 aromatic rings. The van der Waals surface area contributed by atoms with E-state index in [2.05, 4.69) is 29.2 Å². The van der Waals surface area contributed by atoms with E-state index < -0.39 is 0 Å². The molecule has 1 atom stereocenters. The Bertz CT molecular complexity index is 583. The van der Waals surface area contributed by atoms with Crippen molar-refractivity contribution in [3.05, 3.63) is 71.8 Å². The molecule has 0 radical (unpaired) electrons. The van der Waals surface area contributed by atoms with Crippen LogP contribution < -0.4 is 0 Å². The van der Waals surface area contributed by atoms with Crippen LogP contribution in [-0.4, -0.2) is 30.1 Å². The second kappa shape index (κ2) is 6.55. The minimum absolute atomic E-state index is 0.00131. The monoisotopic (exact) mass is 281 g/mol. The lowest BCUT2D eigenvalue weighted by Crippen LogP contribution is -2.24. The molecule has 3 heteroatoms. The van der Waals surface area contributed by atoms with E-state index in [1.807, 2.05) is 24.3 Å². The molecule has 0 N–H and O–H groups in total. The van der Waals surface area contributed by atoms with E-state index in [0.717, 1.165) is 26.1 Å². The molecule has 3 rings (SSSR count). The fourth-order valence-electron chi connectivity index (χ4n) is 2.67. The van der Waals surface area contributed by atoms with Gasteiger partial charge in [0.05, 0.1) is 5.56 Å². The summed E-state index contributed by atoms with van der Waals surface area (Å²) in [6.07, 6.45) is 0.909. The molecule has 1 fully saturated rings. The molecule has 21 heavy (non-hydrogen) atoms. The van der Waals surface area contributed by atoms with Crippen molar-refractivity contribution in [3.63, 3.8) is 0 Å². The van der Waals surface area contributed by atoms with E-state index in [1.54, 1.807) is 12.1 Å². The minimum atomic E-state index is -0.220. The normalized spacial score (nSPS) is 18.6. The van der Waals surface area contributed by atoms with Gasteiger partial charge in [0.2, 0.25) is 0 Å². The summed E-state index contributed by atoms with van der Waals surface area (Å²) in [7, 11) is 0. The number of carbonyl (C=O) groups excluding carboxylic acids is 1. The van der Waals surface area contributed by atoms with Crippen LogP contribution in [0, 0.1) is 0 Å². The van der Waals surface area contributed by atoms with Crippen molar-refractivity contribution in [1.29, 1.82) is 0 Å². The second-order valence-corrected chi connectivity index (χ2v) is 5.40. The Balaban J connectivity index is 1.52. The van der Waals surface area contributed by atoms with Gasteiger partial charge in [-0.15, -0.1) is 0 Å².